The third-order valence-electron chi connectivity index (χ3n) is 6.33. The fourth-order valence-corrected chi connectivity index (χ4v) is 4.91. The quantitative estimate of drug-likeness (QED) is 0.335. The van der Waals surface area contributed by atoms with Gasteiger partial charge in [0.1, 0.15) is 17.5 Å². The van der Waals surface area contributed by atoms with Gasteiger partial charge in [0.2, 0.25) is 0 Å². The predicted molar refractivity (Wildman–Crippen MR) is 126 cm³/mol. The molecule has 0 saturated carbocycles. The zero-order valence-electron chi connectivity index (χ0n) is 20.3. The summed E-state index contributed by atoms with van der Waals surface area (Å²) in [7, 11) is -3.97. The third-order valence-corrected chi connectivity index (χ3v) is 7.42. The number of rotatable bonds is 5. The van der Waals surface area contributed by atoms with Crippen molar-refractivity contribution in [3.05, 3.63) is 83.4 Å². The molecule has 5 nitrogen and oxygen atoms in total. The van der Waals surface area contributed by atoms with Crippen LogP contribution in [0, 0.1) is 23.3 Å². The maximum atomic E-state index is 14.7. The first-order chi connectivity index (χ1) is 18.8. The highest BCUT2D eigenvalue weighted by atomic mass is 32.2. The van der Waals surface area contributed by atoms with Crippen molar-refractivity contribution in [3.8, 4) is 11.1 Å². The van der Waals surface area contributed by atoms with Crippen molar-refractivity contribution in [1.29, 1.82) is 0 Å². The van der Waals surface area contributed by atoms with Crippen LogP contribution in [0.1, 0.15) is 18.0 Å². The van der Waals surface area contributed by atoms with E-state index < -0.39 is 85.4 Å². The smallest absolute Gasteiger partial charge is 0.369 e. The van der Waals surface area contributed by atoms with E-state index in [2.05, 4.69) is 5.10 Å². The molecule has 0 spiro atoms. The largest absolute Gasteiger partial charge is 0.431 e. The average Bonchev–Trinajstić information content (AvgIpc) is 3.26. The van der Waals surface area contributed by atoms with Crippen molar-refractivity contribution < 1.29 is 57.4 Å². The summed E-state index contributed by atoms with van der Waals surface area (Å²) >= 11 is 0. The highest BCUT2D eigenvalue weighted by Crippen LogP contribution is 2.49. The molecule has 1 aliphatic rings. The molecule has 0 saturated heterocycles. The van der Waals surface area contributed by atoms with Gasteiger partial charge in [-0.15, -0.1) is 0 Å². The number of alkyl halides is 6. The number of aliphatic hydroxyl groups is 1. The first-order valence-electron chi connectivity index (χ1n) is 11.2. The van der Waals surface area contributed by atoms with Crippen LogP contribution in [-0.2, 0) is 9.84 Å². The molecule has 1 aliphatic heterocycles. The van der Waals surface area contributed by atoms with Crippen LogP contribution in [0.2, 0.25) is 0 Å². The average molecular weight is 614 g/mol. The molecule has 0 amide bonds. The molecule has 0 aliphatic carbocycles. The Hall–Kier alpha value is -3.66. The Labute approximate surface area is 225 Å². The summed E-state index contributed by atoms with van der Waals surface area (Å²) in [6.45, 7) is 0. The Morgan fingerprint density at radius 3 is 1.83 bits per heavy atom. The number of halogens is 10. The first-order valence-corrected chi connectivity index (χ1v) is 13.1. The molecule has 0 bridgehead atoms. The van der Waals surface area contributed by atoms with Gasteiger partial charge in [0.15, 0.2) is 15.7 Å². The van der Waals surface area contributed by atoms with Crippen LogP contribution < -0.4 is 5.01 Å². The van der Waals surface area contributed by atoms with E-state index in [1.807, 2.05) is 0 Å². The van der Waals surface area contributed by atoms with E-state index in [9.17, 15) is 57.4 Å². The van der Waals surface area contributed by atoms with E-state index in [-0.39, 0.29) is 11.1 Å². The molecule has 0 radical (unpaired) electrons. The Bertz CT molecular complexity index is 1600. The van der Waals surface area contributed by atoms with Crippen molar-refractivity contribution in [3.63, 3.8) is 0 Å². The fourth-order valence-electron chi connectivity index (χ4n) is 4.28. The minimum Gasteiger partial charge on any atom is -0.369 e. The van der Waals surface area contributed by atoms with E-state index in [1.54, 1.807) is 0 Å². The highest BCUT2D eigenvalue weighted by molar-refractivity contribution is 7.90. The summed E-state index contributed by atoms with van der Waals surface area (Å²) in [5.41, 5.74) is -8.98. The van der Waals surface area contributed by atoms with Gasteiger partial charge < -0.3 is 5.11 Å². The van der Waals surface area contributed by atoms with Crippen LogP contribution in [0.25, 0.3) is 11.1 Å². The lowest BCUT2D eigenvalue weighted by molar-refractivity contribution is -0.338. The second kappa shape index (κ2) is 10.0. The summed E-state index contributed by atoms with van der Waals surface area (Å²) in [6.07, 6.45) is -13.1. The number of sulfone groups is 1. The zero-order chi connectivity index (χ0) is 30.7. The topological polar surface area (TPSA) is 70.0 Å². The van der Waals surface area contributed by atoms with Gasteiger partial charge in [0.25, 0.3) is 5.60 Å². The minimum absolute atomic E-state index is 0.128. The Balaban J connectivity index is 1.81. The van der Waals surface area contributed by atoms with E-state index in [0.29, 0.717) is 35.3 Å². The van der Waals surface area contributed by atoms with Gasteiger partial charge >= 0.3 is 12.4 Å². The lowest BCUT2D eigenvalue weighted by Gasteiger charge is -2.32. The predicted octanol–water partition coefficient (Wildman–Crippen LogP) is 6.48. The zero-order valence-corrected chi connectivity index (χ0v) is 21.1. The van der Waals surface area contributed by atoms with Crippen LogP contribution in [0.5, 0.6) is 0 Å². The lowest BCUT2D eigenvalue weighted by atomic mass is 9.89. The summed E-state index contributed by atoms with van der Waals surface area (Å²) in [5, 5.41) is 13.6. The van der Waals surface area contributed by atoms with Crippen LogP contribution in [-0.4, -0.2) is 43.4 Å². The SMILES string of the molecule is CS(=O)(=O)c1cc(F)c(-c2ccc(C3CC(C(O)(C(F)(F)F)C(F)(F)F)=NN3c3ccc(F)cc3F)cc2)c(F)c1. The molecule has 16 heteroatoms. The van der Waals surface area contributed by atoms with Crippen molar-refractivity contribution in [1.82, 2.24) is 0 Å². The maximum Gasteiger partial charge on any atom is 0.431 e. The van der Waals surface area contributed by atoms with Crippen LogP contribution in [0.3, 0.4) is 0 Å². The molecular formula is C25H16F10N2O3S. The van der Waals surface area contributed by atoms with Crippen molar-refractivity contribution in [2.75, 3.05) is 11.3 Å². The van der Waals surface area contributed by atoms with Gasteiger partial charge in [-0.3, -0.25) is 5.01 Å². The highest BCUT2D eigenvalue weighted by Gasteiger charge is 2.74. The molecule has 3 aromatic rings. The minimum atomic E-state index is -6.29. The van der Waals surface area contributed by atoms with Crippen LogP contribution in [0.4, 0.5) is 49.6 Å². The third kappa shape index (κ3) is 5.37. The number of hydrogen-bond donors (Lipinski definition) is 1. The molecule has 0 aromatic heterocycles. The normalized spacial score (nSPS) is 16.7. The van der Waals surface area contributed by atoms with E-state index in [1.165, 1.54) is 0 Å². The maximum absolute atomic E-state index is 14.7. The van der Waals surface area contributed by atoms with Crippen molar-refractivity contribution in [2.45, 2.75) is 35.3 Å². The summed E-state index contributed by atoms with van der Waals surface area (Å²) in [6, 6.07) is 5.38. The first kappa shape index (κ1) is 30.3. The van der Waals surface area contributed by atoms with Crippen molar-refractivity contribution in [2.24, 2.45) is 5.10 Å². The van der Waals surface area contributed by atoms with Crippen LogP contribution in [0.15, 0.2) is 64.6 Å². The standard InChI is InChI=1S/C25H16F10N2O3S/c1-41(39,40)15-9-17(28)22(18(29)10-15)13-4-2-12(3-5-13)20-11-21(23(38,24(30,31)32)25(33,34)35)36-37(20)19-7-6-14(26)8-16(19)27/h2-10,20,38H,11H2,1H3. The second-order valence-electron chi connectivity index (χ2n) is 9.07. The van der Waals surface area contributed by atoms with Gasteiger partial charge in [0, 0.05) is 18.7 Å². The van der Waals surface area contributed by atoms with E-state index in [0.717, 1.165) is 30.5 Å². The summed E-state index contributed by atoms with van der Waals surface area (Å²) < 4.78 is 162. The molecule has 1 N–H and O–H groups in total. The Morgan fingerprint density at radius 2 is 1.37 bits per heavy atom. The molecule has 1 unspecified atom stereocenters. The number of benzene rings is 3. The fraction of sp³-hybridized carbons (Fsp3) is 0.240. The van der Waals surface area contributed by atoms with Gasteiger partial charge in [-0.05, 0) is 35.4 Å². The molecule has 1 atom stereocenters. The number of hydrogen-bond acceptors (Lipinski definition) is 5. The van der Waals surface area contributed by atoms with Gasteiger partial charge in [-0.2, -0.15) is 31.4 Å². The molecule has 4 rings (SSSR count). The molecular weight excluding hydrogens is 598 g/mol. The van der Waals surface area contributed by atoms with Gasteiger partial charge in [-0.1, -0.05) is 24.3 Å². The molecule has 0 fully saturated rings. The summed E-state index contributed by atoms with van der Waals surface area (Å²) in [5.74, 6) is -5.06. The molecule has 41 heavy (non-hydrogen) atoms. The number of nitrogens with zero attached hydrogens (tertiary/aromatic N) is 2. The number of anilines is 1. The van der Waals surface area contributed by atoms with Crippen LogP contribution >= 0.6 is 0 Å². The molecule has 220 valence electrons. The molecule has 1 heterocycles. The van der Waals surface area contributed by atoms with Crippen molar-refractivity contribution >= 4 is 21.2 Å². The lowest BCUT2D eigenvalue weighted by Crippen LogP contribution is -2.62. The molecule has 3 aromatic carbocycles. The second-order valence-corrected chi connectivity index (χ2v) is 11.1. The van der Waals surface area contributed by atoms with Gasteiger partial charge in [0.05, 0.1) is 27.9 Å². The summed E-state index contributed by atoms with van der Waals surface area (Å²) in [4.78, 5) is -0.651. The van der Waals surface area contributed by atoms with Gasteiger partial charge in [-0.25, -0.2) is 26.0 Å². The Morgan fingerprint density at radius 1 is 0.829 bits per heavy atom. The monoisotopic (exact) mass is 614 g/mol. The van der Waals surface area contributed by atoms with E-state index >= 15 is 0 Å². The Kier molecular flexibility index (Phi) is 7.40. The van der Waals surface area contributed by atoms with E-state index in [4.69, 9.17) is 0 Å². The number of hydrazone groups is 1.